The summed E-state index contributed by atoms with van der Waals surface area (Å²) in [7, 11) is 2.10. The molecule has 1 aliphatic carbocycles. The van der Waals surface area contributed by atoms with Gasteiger partial charge in [0.2, 0.25) is 0 Å². The van der Waals surface area contributed by atoms with Crippen LogP contribution in [0, 0.1) is 5.92 Å². The molecule has 11 heavy (non-hydrogen) atoms. The fraction of sp³-hybridized carbons (Fsp3) is 1.00. The van der Waals surface area contributed by atoms with Crippen molar-refractivity contribution in [3.63, 3.8) is 0 Å². The average Bonchev–Trinajstić information content (AvgIpc) is 2.06. The molecule has 0 unspecified atom stereocenters. The van der Waals surface area contributed by atoms with E-state index in [9.17, 15) is 0 Å². The Morgan fingerprint density at radius 3 is 2.45 bits per heavy atom. The van der Waals surface area contributed by atoms with Crippen molar-refractivity contribution in [2.24, 2.45) is 5.92 Å². The molecule has 0 bridgehead atoms. The van der Waals surface area contributed by atoms with Crippen LogP contribution in [0.5, 0.6) is 0 Å². The molecule has 0 aliphatic heterocycles. The third kappa shape index (κ3) is 3.44. The Morgan fingerprint density at radius 2 is 1.91 bits per heavy atom. The van der Waals surface area contributed by atoms with Crippen LogP contribution in [0.4, 0.5) is 0 Å². The summed E-state index contributed by atoms with van der Waals surface area (Å²) in [5.74, 6) is 0.924. The zero-order valence-electron chi connectivity index (χ0n) is 7.35. The van der Waals surface area contributed by atoms with Gasteiger partial charge in [-0.1, -0.05) is 19.3 Å². The van der Waals surface area contributed by atoms with Gasteiger partial charge in [0.05, 0.1) is 6.00 Å². The van der Waals surface area contributed by atoms with Gasteiger partial charge in [0, 0.05) is 6.54 Å². The molecule has 2 heteroatoms. The number of hydrogen-bond acceptors (Lipinski definition) is 1. The first-order valence-electron chi connectivity index (χ1n) is 4.57. The van der Waals surface area contributed by atoms with Gasteiger partial charge in [-0.3, -0.25) is 4.90 Å². The highest BCUT2D eigenvalue weighted by Gasteiger charge is 2.14. The van der Waals surface area contributed by atoms with Gasteiger partial charge in [0.25, 0.3) is 0 Å². The van der Waals surface area contributed by atoms with Crippen LogP contribution in [0.2, 0.25) is 0 Å². The first kappa shape index (κ1) is 9.34. The van der Waals surface area contributed by atoms with Gasteiger partial charge in [-0.05, 0) is 25.8 Å². The van der Waals surface area contributed by atoms with Crippen molar-refractivity contribution < 1.29 is 0 Å². The summed E-state index contributed by atoms with van der Waals surface area (Å²) in [4.78, 5) is 2.21. The lowest BCUT2D eigenvalue weighted by molar-refractivity contribution is 0.256. The van der Waals surface area contributed by atoms with E-state index in [1.165, 1.54) is 38.6 Å². The fourth-order valence-corrected chi connectivity index (χ4v) is 1.96. The molecule has 66 valence electrons. The topological polar surface area (TPSA) is 3.24 Å². The van der Waals surface area contributed by atoms with Crippen LogP contribution < -0.4 is 0 Å². The Hall–Kier alpha value is 0.250. The molecule has 0 N–H and O–H groups in total. The normalized spacial score (nSPS) is 21.0. The highest BCUT2D eigenvalue weighted by Crippen LogP contribution is 2.23. The first-order valence-corrected chi connectivity index (χ1v) is 5.11. The maximum Gasteiger partial charge on any atom is 0.0736 e. The van der Waals surface area contributed by atoms with Crippen LogP contribution in [0.25, 0.3) is 0 Å². The Bertz CT molecular complexity index is 99.7. The molecule has 1 fully saturated rings. The largest absolute Gasteiger partial charge is 0.293 e. The molecule has 0 amide bonds. The molecule has 0 aromatic carbocycles. The second-order valence-electron chi connectivity index (χ2n) is 3.66. The third-order valence-corrected chi connectivity index (χ3v) is 2.91. The predicted octanol–water partition coefficient (Wildman–Crippen LogP) is 2.69. The number of halogens is 1. The van der Waals surface area contributed by atoms with E-state index in [2.05, 4.69) is 11.9 Å². The number of nitrogens with zero attached hydrogens (tertiary/aromatic N) is 1. The van der Waals surface area contributed by atoms with E-state index in [-0.39, 0.29) is 0 Å². The van der Waals surface area contributed by atoms with E-state index in [0.717, 1.165) is 5.92 Å². The summed E-state index contributed by atoms with van der Waals surface area (Å²) < 4.78 is 0. The van der Waals surface area contributed by atoms with Crippen LogP contribution in [-0.2, 0) is 0 Å². The Labute approximate surface area is 74.7 Å². The van der Waals surface area contributed by atoms with Crippen molar-refractivity contribution in [2.75, 3.05) is 19.6 Å². The van der Waals surface area contributed by atoms with Crippen molar-refractivity contribution in [3.05, 3.63) is 0 Å². The average molecular weight is 176 g/mol. The van der Waals surface area contributed by atoms with Crippen molar-refractivity contribution in [2.45, 2.75) is 32.1 Å². The van der Waals surface area contributed by atoms with Crippen LogP contribution in [0.3, 0.4) is 0 Å². The van der Waals surface area contributed by atoms with E-state index >= 15 is 0 Å². The molecule has 0 spiro atoms. The minimum Gasteiger partial charge on any atom is -0.293 e. The van der Waals surface area contributed by atoms with Crippen molar-refractivity contribution in [1.29, 1.82) is 0 Å². The van der Waals surface area contributed by atoms with Gasteiger partial charge >= 0.3 is 0 Å². The molecular formula is C9H18ClN. The van der Waals surface area contributed by atoms with Crippen LogP contribution in [0.1, 0.15) is 32.1 Å². The highest BCUT2D eigenvalue weighted by molar-refractivity contribution is 6.17. The van der Waals surface area contributed by atoms with Gasteiger partial charge in [-0.2, -0.15) is 0 Å². The second kappa shape index (κ2) is 5.00. The van der Waals surface area contributed by atoms with Crippen LogP contribution >= 0.6 is 11.6 Å². The Balaban J connectivity index is 2.13. The summed E-state index contributed by atoms with van der Waals surface area (Å²) in [6, 6.07) is 0.677. The Morgan fingerprint density at radius 1 is 1.27 bits per heavy atom. The van der Waals surface area contributed by atoms with Gasteiger partial charge in [-0.25, -0.2) is 0 Å². The third-order valence-electron chi connectivity index (χ3n) is 2.50. The number of alkyl halides is 1. The minimum atomic E-state index is 0.677. The van der Waals surface area contributed by atoms with Crippen molar-refractivity contribution in [1.82, 2.24) is 4.90 Å². The summed E-state index contributed by atoms with van der Waals surface area (Å²) in [5, 5.41) is 0. The number of hydrogen-bond donors (Lipinski definition) is 0. The molecule has 0 aromatic rings. The van der Waals surface area contributed by atoms with Gasteiger partial charge in [-0.15, -0.1) is 11.6 Å². The van der Waals surface area contributed by atoms with E-state index in [1.54, 1.807) is 0 Å². The SMILES string of the molecule is CN(CCl)CC1CCCCC1. The molecule has 1 aliphatic rings. The van der Waals surface area contributed by atoms with Gasteiger partial charge in [0.1, 0.15) is 0 Å². The predicted molar refractivity (Wildman–Crippen MR) is 49.9 cm³/mol. The van der Waals surface area contributed by atoms with E-state index in [1.807, 2.05) is 0 Å². The summed E-state index contributed by atoms with van der Waals surface area (Å²) in [5.41, 5.74) is 0. The first-order chi connectivity index (χ1) is 5.33. The smallest absolute Gasteiger partial charge is 0.0736 e. The molecule has 1 rings (SSSR count). The Kier molecular flexibility index (Phi) is 4.24. The molecule has 0 radical (unpaired) electrons. The van der Waals surface area contributed by atoms with Crippen LogP contribution in [0.15, 0.2) is 0 Å². The van der Waals surface area contributed by atoms with E-state index in [4.69, 9.17) is 11.6 Å². The number of rotatable bonds is 3. The molecular weight excluding hydrogens is 158 g/mol. The highest BCUT2D eigenvalue weighted by atomic mass is 35.5. The minimum absolute atomic E-state index is 0.677. The van der Waals surface area contributed by atoms with E-state index < -0.39 is 0 Å². The quantitative estimate of drug-likeness (QED) is 0.471. The molecule has 0 aromatic heterocycles. The molecule has 1 saturated carbocycles. The van der Waals surface area contributed by atoms with Gasteiger partial charge < -0.3 is 0 Å². The lowest BCUT2D eigenvalue weighted by atomic mass is 9.89. The fourth-order valence-electron chi connectivity index (χ4n) is 1.86. The maximum atomic E-state index is 5.70. The van der Waals surface area contributed by atoms with Crippen LogP contribution in [-0.4, -0.2) is 24.5 Å². The lowest BCUT2D eigenvalue weighted by Crippen LogP contribution is -2.25. The standard InChI is InChI=1S/C9H18ClN/c1-11(8-10)7-9-5-3-2-4-6-9/h9H,2-8H2,1H3. The van der Waals surface area contributed by atoms with E-state index in [0.29, 0.717) is 6.00 Å². The molecule has 0 heterocycles. The summed E-state index contributed by atoms with van der Waals surface area (Å²) in [6.45, 7) is 1.20. The maximum absolute atomic E-state index is 5.70. The molecule has 0 saturated heterocycles. The van der Waals surface area contributed by atoms with Crippen molar-refractivity contribution >= 4 is 11.6 Å². The van der Waals surface area contributed by atoms with Crippen molar-refractivity contribution in [3.8, 4) is 0 Å². The lowest BCUT2D eigenvalue weighted by Gasteiger charge is -2.25. The summed E-state index contributed by atoms with van der Waals surface area (Å²) in [6.07, 6.45) is 7.14. The summed E-state index contributed by atoms with van der Waals surface area (Å²) >= 11 is 5.70. The molecule has 1 nitrogen and oxygen atoms in total. The molecule has 0 atom stereocenters. The zero-order valence-corrected chi connectivity index (χ0v) is 8.11. The zero-order chi connectivity index (χ0) is 8.10. The second-order valence-corrected chi connectivity index (χ2v) is 3.90. The monoisotopic (exact) mass is 175 g/mol. The van der Waals surface area contributed by atoms with Gasteiger partial charge in [0.15, 0.2) is 0 Å².